The van der Waals surface area contributed by atoms with Crippen LogP contribution in [-0.2, 0) is 18.6 Å². The zero-order valence-electron chi connectivity index (χ0n) is 20.9. The first-order valence-electron chi connectivity index (χ1n) is 12.2. The van der Waals surface area contributed by atoms with Crippen molar-refractivity contribution in [1.29, 1.82) is 0 Å². The number of amides is 1. The highest BCUT2D eigenvalue weighted by Crippen LogP contribution is 2.32. The molecule has 2 heterocycles. The standard InChI is InChI=1S/C31H29N3O3/c1-31(2,24-9-4-3-5-10-24)25-12-14-27(15-13-25)36-22-28-16-17-29(37-28)30(35)33-26-11-6-8-23(20-26)21-34-19-7-18-32-34/h3-20H,21-22H2,1-2H3,(H,33,35). The highest BCUT2D eigenvalue weighted by molar-refractivity contribution is 6.02. The maximum atomic E-state index is 12.7. The largest absolute Gasteiger partial charge is 0.486 e. The molecule has 0 fully saturated rings. The van der Waals surface area contributed by atoms with Gasteiger partial charge in [0.1, 0.15) is 18.1 Å². The van der Waals surface area contributed by atoms with Crippen molar-refractivity contribution in [3.63, 3.8) is 0 Å². The monoisotopic (exact) mass is 491 g/mol. The Labute approximate surface area is 216 Å². The SMILES string of the molecule is CC(C)(c1ccccc1)c1ccc(OCc2ccc(C(=O)Nc3cccc(Cn4cccn4)c3)o2)cc1. The van der Waals surface area contributed by atoms with Gasteiger partial charge in [-0.2, -0.15) is 5.10 Å². The van der Waals surface area contributed by atoms with Crippen LogP contribution in [0.25, 0.3) is 0 Å². The van der Waals surface area contributed by atoms with Gasteiger partial charge in [0.2, 0.25) is 0 Å². The normalized spacial score (nSPS) is 11.3. The van der Waals surface area contributed by atoms with Gasteiger partial charge in [0.05, 0.1) is 6.54 Å². The molecule has 0 spiro atoms. The van der Waals surface area contributed by atoms with E-state index in [9.17, 15) is 4.79 Å². The number of rotatable bonds is 9. The number of carbonyl (C=O) groups excluding carboxylic acids is 1. The van der Waals surface area contributed by atoms with Crippen molar-refractivity contribution >= 4 is 11.6 Å². The molecule has 5 rings (SSSR count). The molecule has 0 aliphatic heterocycles. The molecule has 1 N–H and O–H groups in total. The van der Waals surface area contributed by atoms with E-state index in [1.165, 1.54) is 11.1 Å². The highest BCUT2D eigenvalue weighted by atomic mass is 16.5. The zero-order valence-corrected chi connectivity index (χ0v) is 20.9. The van der Waals surface area contributed by atoms with Gasteiger partial charge in [0.25, 0.3) is 5.91 Å². The molecule has 2 aromatic heterocycles. The van der Waals surface area contributed by atoms with Gasteiger partial charge < -0.3 is 14.5 Å². The third-order valence-electron chi connectivity index (χ3n) is 6.43. The van der Waals surface area contributed by atoms with Crippen LogP contribution < -0.4 is 10.1 Å². The molecule has 0 radical (unpaired) electrons. The van der Waals surface area contributed by atoms with Gasteiger partial charge in [-0.25, -0.2) is 0 Å². The molecule has 6 nitrogen and oxygen atoms in total. The fraction of sp³-hybridized carbons (Fsp3) is 0.161. The molecule has 5 aromatic rings. The molecule has 0 atom stereocenters. The number of hydrogen-bond donors (Lipinski definition) is 1. The van der Waals surface area contributed by atoms with Gasteiger partial charge in [-0.15, -0.1) is 0 Å². The lowest BCUT2D eigenvalue weighted by molar-refractivity contribution is 0.0992. The average Bonchev–Trinajstić information content (AvgIpc) is 3.61. The Balaban J connectivity index is 1.17. The number of hydrogen-bond acceptors (Lipinski definition) is 4. The summed E-state index contributed by atoms with van der Waals surface area (Å²) in [6.07, 6.45) is 3.64. The first-order valence-corrected chi connectivity index (χ1v) is 12.2. The van der Waals surface area contributed by atoms with Crippen molar-refractivity contribution in [2.45, 2.75) is 32.4 Å². The molecular weight excluding hydrogens is 462 g/mol. The minimum atomic E-state index is -0.310. The van der Waals surface area contributed by atoms with Gasteiger partial charge in [-0.1, -0.05) is 68.4 Å². The summed E-state index contributed by atoms with van der Waals surface area (Å²) in [6.45, 7) is 5.28. The minimum Gasteiger partial charge on any atom is -0.486 e. The van der Waals surface area contributed by atoms with Crippen molar-refractivity contribution in [3.05, 3.63) is 138 Å². The molecule has 0 unspecified atom stereocenters. The van der Waals surface area contributed by atoms with E-state index in [1.807, 2.05) is 59.4 Å². The molecule has 0 bridgehead atoms. The van der Waals surface area contributed by atoms with Gasteiger partial charge >= 0.3 is 0 Å². The second-order valence-corrected chi connectivity index (χ2v) is 9.43. The van der Waals surface area contributed by atoms with Crippen molar-refractivity contribution in [1.82, 2.24) is 9.78 Å². The van der Waals surface area contributed by atoms with Crippen molar-refractivity contribution in [3.8, 4) is 5.75 Å². The lowest BCUT2D eigenvalue weighted by Crippen LogP contribution is -2.18. The summed E-state index contributed by atoms with van der Waals surface area (Å²) in [7, 11) is 0. The number of nitrogens with one attached hydrogen (secondary N) is 1. The topological polar surface area (TPSA) is 69.3 Å². The first-order chi connectivity index (χ1) is 18.0. The van der Waals surface area contributed by atoms with E-state index in [1.54, 1.807) is 18.3 Å². The number of nitrogens with zero attached hydrogens (tertiary/aromatic N) is 2. The summed E-state index contributed by atoms with van der Waals surface area (Å²) in [5.41, 5.74) is 4.09. The third kappa shape index (κ3) is 5.81. The third-order valence-corrected chi connectivity index (χ3v) is 6.43. The number of ether oxygens (including phenoxy) is 1. The molecule has 186 valence electrons. The molecule has 0 aliphatic carbocycles. The number of aromatic nitrogens is 2. The molecular formula is C31H29N3O3. The Morgan fingerprint density at radius 3 is 2.46 bits per heavy atom. The van der Waals surface area contributed by atoms with Crippen LogP contribution in [0.15, 0.2) is 114 Å². The van der Waals surface area contributed by atoms with Crippen LogP contribution in [0.2, 0.25) is 0 Å². The first kappa shape index (κ1) is 24.1. The Morgan fingerprint density at radius 2 is 1.70 bits per heavy atom. The number of benzene rings is 3. The van der Waals surface area contributed by atoms with Gasteiger partial charge in [0.15, 0.2) is 5.76 Å². The molecule has 0 saturated heterocycles. The maximum Gasteiger partial charge on any atom is 0.291 e. The Morgan fingerprint density at radius 1 is 0.919 bits per heavy atom. The minimum absolute atomic E-state index is 0.109. The lowest BCUT2D eigenvalue weighted by Gasteiger charge is -2.26. The van der Waals surface area contributed by atoms with E-state index >= 15 is 0 Å². The molecule has 6 heteroatoms. The quantitative estimate of drug-likeness (QED) is 0.250. The zero-order chi connectivity index (χ0) is 25.7. The maximum absolute atomic E-state index is 12.7. The molecule has 0 aliphatic rings. The van der Waals surface area contributed by atoms with E-state index in [4.69, 9.17) is 9.15 Å². The molecule has 3 aromatic carbocycles. The van der Waals surface area contributed by atoms with Crippen LogP contribution in [-0.4, -0.2) is 15.7 Å². The summed E-state index contributed by atoms with van der Waals surface area (Å²) >= 11 is 0. The molecule has 37 heavy (non-hydrogen) atoms. The number of anilines is 1. The van der Waals surface area contributed by atoms with Crippen molar-refractivity contribution in [2.75, 3.05) is 5.32 Å². The van der Waals surface area contributed by atoms with Gasteiger partial charge in [-0.05, 0) is 59.2 Å². The van der Waals surface area contributed by atoms with Crippen LogP contribution in [0.5, 0.6) is 5.75 Å². The second-order valence-electron chi connectivity index (χ2n) is 9.43. The molecule has 0 saturated carbocycles. The predicted molar refractivity (Wildman–Crippen MR) is 144 cm³/mol. The van der Waals surface area contributed by atoms with Crippen molar-refractivity contribution < 1.29 is 13.9 Å². The predicted octanol–water partition coefficient (Wildman–Crippen LogP) is 6.68. The Hall–Kier alpha value is -4.58. The molecule has 1 amide bonds. The summed E-state index contributed by atoms with van der Waals surface area (Å²) in [5, 5.41) is 7.12. The average molecular weight is 492 g/mol. The lowest BCUT2D eigenvalue weighted by atomic mass is 9.78. The van der Waals surface area contributed by atoms with Crippen molar-refractivity contribution in [2.24, 2.45) is 0 Å². The van der Waals surface area contributed by atoms with E-state index in [-0.39, 0.29) is 23.7 Å². The van der Waals surface area contributed by atoms with E-state index in [2.05, 4.69) is 60.7 Å². The van der Waals surface area contributed by atoms with Crippen LogP contribution in [0.4, 0.5) is 5.69 Å². The fourth-order valence-corrected chi connectivity index (χ4v) is 4.24. The summed E-state index contributed by atoms with van der Waals surface area (Å²) < 4.78 is 13.5. The number of carbonyl (C=O) groups is 1. The van der Waals surface area contributed by atoms with E-state index in [0.29, 0.717) is 18.0 Å². The summed E-state index contributed by atoms with van der Waals surface area (Å²) in [6, 6.07) is 31.5. The Kier molecular flexibility index (Phi) is 6.90. The van der Waals surface area contributed by atoms with Crippen LogP contribution in [0.3, 0.4) is 0 Å². The second kappa shape index (κ2) is 10.6. The summed E-state index contributed by atoms with van der Waals surface area (Å²) in [5.74, 6) is 1.24. The smallest absolute Gasteiger partial charge is 0.291 e. The summed E-state index contributed by atoms with van der Waals surface area (Å²) in [4.78, 5) is 12.7. The van der Waals surface area contributed by atoms with Crippen LogP contribution >= 0.6 is 0 Å². The fourth-order valence-electron chi connectivity index (χ4n) is 4.24. The Bertz CT molecular complexity index is 1450. The number of furan rings is 1. The van der Waals surface area contributed by atoms with Crippen LogP contribution in [0, 0.1) is 0 Å². The van der Waals surface area contributed by atoms with Gasteiger partial charge in [0, 0.05) is 23.5 Å². The van der Waals surface area contributed by atoms with Gasteiger partial charge in [-0.3, -0.25) is 9.48 Å². The highest BCUT2D eigenvalue weighted by Gasteiger charge is 2.22. The van der Waals surface area contributed by atoms with Crippen LogP contribution in [0.1, 0.15) is 46.9 Å². The van der Waals surface area contributed by atoms with E-state index in [0.717, 1.165) is 11.3 Å². The van der Waals surface area contributed by atoms with E-state index < -0.39 is 0 Å².